The summed E-state index contributed by atoms with van der Waals surface area (Å²) in [6.45, 7) is 3.15. The van der Waals surface area contributed by atoms with E-state index in [2.05, 4.69) is 20.3 Å². The van der Waals surface area contributed by atoms with Gasteiger partial charge in [-0.2, -0.15) is 15.0 Å². The number of aromatic nitrogens is 3. The fourth-order valence-corrected chi connectivity index (χ4v) is 2.32. The van der Waals surface area contributed by atoms with E-state index < -0.39 is 5.41 Å². The molecular formula is C11H16ClN5O2. The molecule has 0 aromatic carbocycles. The summed E-state index contributed by atoms with van der Waals surface area (Å²) in [5.74, 6) is 0.451. The molecule has 1 amide bonds. The van der Waals surface area contributed by atoms with Crippen molar-refractivity contribution in [1.29, 1.82) is 0 Å². The normalized spacial score (nSPS) is 22.4. The largest absolute Gasteiger partial charge is 0.467 e. The number of amides is 1. The van der Waals surface area contributed by atoms with Crippen LogP contribution in [-0.2, 0) is 4.79 Å². The first kappa shape index (κ1) is 13.8. The molecule has 2 heterocycles. The molecule has 1 N–H and O–H groups in total. The van der Waals surface area contributed by atoms with Crippen LogP contribution >= 0.6 is 11.6 Å². The Morgan fingerprint density at radius 3 is 2.84 bits per heavy atom. The van der Waals surface area contributed by atoms with Gasteiger partial charge in [0.25, 0.3) is 0 Å². The van der Waals surface area contributed by atoms with Crippen molar-refractivity contribution in [3.05, 3.63) is 5.28 Å². The van der Waals surface area contributed by atoms with Crippen molar-refractivity contribution in [2.75, 3.05) is 32.1 Å². The van der Waals surface area contributed by atoms with Gasteiger partial charge >= 0.3 is 6.01 Å². The number of hydrogen-bond acceptors (Lipinski definition) is 6. The van der Waals surface area contributed by atoms with Crippen LogP contribution in [0.15, 0.2) is 0 Å². The van der Waals surface area contributed by atoms with E-state index in [1.807, 2.05) is 11.8 Å². The molecule has 2 rings (SSSR count). The molecule has 0 spiro atoms. The number of hydrogen-bond donors (Lipinski definition) is 1. The van der Waals surface area contributed by atoms with E-state index in [0.717, 1.165) is 6.42 Å². The lowest BCUT2D eigenvalue weighted by atomic mass is 9.89. The van der Waals surface area contributed by atoms with Gasteiger partial charge in [-0.15, -0.1) is 0 Å². The maximum Gasteiger partial charge on any atom is 0.322 e. The standard InChI is InChI=1S/C11H16ClN5O2/c1-11(7(18)13-2)4-5-17(6-11)9-14-8(12)15-10(16-9)19-3/h4-6H2,1-3H3,(H,13,18). The predicted molar refractivity (Wildman–Crippen MR) is 70.4 cm³/mol. The summed E-state index contributed by atoms with van der Waals surface area (Å²) in [5, 5.41) is 2.76. The Kier molecular flexibility index (Phi) is 3.75. The number of carbonyl (C=O) groups is 1. The average molecular weight is 286 g/mol. The number of methoxy groups -OCH3 is 1. The van der Waals surface area contributed by atoms with Gasteiger partial charge in [-0.3, -0.25) is 4.79 Å². The van der Waals surface area contributed by atoms with Crippen LogP contribution in [0.3, 0.4) is 0 Å². The van der Waals surface area contributed by atoms with E-state index in [1.54, 1.807) is 7.05 Å². The lowest BCUT2D eigenvalue weighted by Crippen LogP contribution is -2.39. The number of nitrogens with zero attached hydrogens (tertiary/aromatic N) is 4. The minimum Gasteiger partial charge on any atom is -0.467 e. The second-order valence-electron chi connectivity index (χ2n) is 4.70. The van der Waals surface area contributed by atoms with Gasteiger partial charge in [-0.1, -0.05) is 0 Å². The van der Waals surface area contributed by atoms with Crippen molar-refractivity contribution >= 4 is 23.5 Å². The smallest absolute Gasteiger partial charge is 0.322 e. The summed E-state index contributed by atoms with van der Waals surface area (Å²) in [6, 6.07) is 0.170. The van der Waals surface area contributed by atoms with Gasteiger partial charge in [-0.05, 0) is 24.9 Å². The van der Waals surface area contributed by atoms with Crippen LogP contribution in [0.1, 0.15) is 13.3 Å². The summed E-state index contributed by atoms with van der Waals surface area (Å²) in [4.78, 5) is 25.8. The van der Waals surface area contributed by atoms with Crippen LogP contribution in [0.2, 0.25) is 5.28 Å². The lowest BCUT2D eigenvalue weighted by Gasteiger charge is -2.22. The van der Waals surface area contributed by atoms with E-state index >= 15 is 0 Å². The fourth-order valence-electron chi connectivity index (χ4n) is 2.17. The zero-order valence-electron chi connectivity index (χ0n) is 11.1. The topological polar surface area (TPSA) is 80.2 Å². The van der Waals surface area contributed by atoms with Crippen LogP contribution < -0.4 is 15.0 Å². The van der Waals surface area contributed by atoms with Gasteiger partial charge in [-0.25, -0.2) is 0 Å². The van der Waals surface area contributed by atoms with Crippen LogP contribution in [0.25, 0.3) is 0 Å². The molecule has 1 saturated heterocycles. The molecule has 104 valence electrons. The number of rotatable bonds is 3. The van der Waals surface area contributed by atoms with E-state index in [1.165, 1.54) is 7.11 Å². The van der Waals surface area contributed by atoms with Gasteiger partial charge in [0.2, 0.25) is 17.1 Å². The Balaban J connectivity index is 2.21. The molecule has 1 fully saturated rings. The minimum atomic E-state index is -0.443. The number of nitrogens with one attached hydrogen (secondary N) is 1. The molecule has 19 heavy (non-hydrogen) atoms. The lowest BCUT2D eigenvalue weighted by molar-refractivity contribution is -0.128. The van der Waals surface area contributed by atoms with Gasteiger partial charge < -0.3 is 15.0 Å². The molecule has 0 saturated carbocycles. The molecule has 1 atom stereocenters. The summed E-state index contributed by atoms with van der Waals surface area (Å²) < 4.78 is 4.96. The molecule has 1 aromatic rings. The van der Waals surface area contributed by atoms with Gasteiger partial charge in [0, 0.05) is 20.1 Å². The van der Waals surface area contributed by atoms with Crippen molar-refractivity contribution in [2.45, 2.75) is 13.3 Å². The third-order valence-corrected chi connectivity index (χ3v) is 3.46. The Labute approximate surface area is 116 Å². The van der Waals surface area contributed by atoms with Gasteiger partial charge in [0.1, 0.15) is 0 Å². The van der Waals surface area contributed by atoms with E-state index in [0.29, 0.717) is 19.0 Å². The summed E-state index contributed by atoms with van der Waals surface area (Å²) in [7, 11) is 3.10. The molecule has 1 aliphatic rings. The molecule has 1 aromatic heterocycles. The molecule has 1 aliphatic heterocycles. The van der Waals surface area contributed by atoms with Crippen molar-refractivity contribution < 1.29 is 9.53 Å². The minimum absolute atomic E-state index is 0.0159. The first-order valence-corrected chi connectivity index (χ1v) is 6.29. The van der Waals surface area contributed by atoms with Gasteiger partial charge in [0.05, 0.1) is 12.5 Å². The van der Waals surface area contributed by atoms with E-state index in [9.17, 15) is 4.79 Å². The molecule has 7 nitrogen and oxygen atoms in total. The quantitative estimate of drug-likeness (QED) is 0.871. The second-order valence-corrected chi connectivity index (χ2v) is 5.04. The Hall–Kier alpha value is -1.63. The van der Waals surface area contributed by atoms with Crippen molar-refractivity contribution in [3.63, 3.8) is 0 Å². The van der Waals surface area contributed by atoms with E-state index in [-0.39, 0.29) is 17.2 Å². The average Bonchev–Trinajstić information content (AvgIpc) is 2.81. The highest BCUT2D eigenvalue weighted by Gasteiger charge is 2.40. The second kappa shape index (κ2) is 5.16. The summed E-state index contributed by atoms with van der Waals surface area (Å²) >= 11 is 5.82. The number of halogens is 1. The maximum absolute atomic E-state index is 11.9. The van der Waals surface area contributed by atoms with Crippen LogP contribution in [-0.4, -0.2) is 48.1 Å². The number of carbonyl (C=O) groups excluding carboxylic acids is 1. The number of ether oxygens (including phenoxy) is 1. The first-order chi connectivity index (χ1) is 8.98. The van der Waals surface area contributed by atoms with Gasteiger partial charge in [0.15, 0.2) is 0 Å². The molecule has 0 aliphatic carbocycles. The Bertz CT molecular complexity index is 498. The third-order valence-electron chi connectivity index (χ3n) is 3.29. The van der Waals surface area contributed by atoms with Crippen molar-refractivity contribution in [2.24, 2.45) is 5.41 Å². The van der Waals surface area contributed by atoms with Crippen LogP contribution in [0, 0.1) is 5.41 Å². The van der Waals surface area contributed by atoms with E-state index in [4.69, 9.17) is 16.3 Å². The zero-order chi connectivity index (χ0) is 14.0. The molecule has 8 heteroatoms. The maximum atomic E-state index is 11.9. The summed E-state index contributed by atoms with van der Waals surface area (Å²) in [6.07, 6.45) is 0.734. The highest BCUT2D eigenvalue weighted by Crippen LogP contribution is 2.32. The highest BCUT2D eigenvalue weighted by atomic mass is 35.5. The molecule has 1 unspecified atom stereocenters. The Morgan fingerprint density at radius 2 is 2.21 bits per heavy atom. The highest BCUT2D eigenvalue weighted by molar-refractivity contribution is 6.28. The predicted octanol–water partition coefficient (Wildman–Crippen LogP) is 0.496. The SMILES string of the molecule is CNC(=O)C1(C)CCN(c2nc(Cl)nc(OC)n2)C1. The zero-order valence-corrected chi connectivity index (χ0v) is 11.9. The molecular weight excluding hydrogens is 270 g/mol. The molecule has 0 radical (unpaired) electrons. The Morgan fingerprint density at radius 1 is 1.47 bits per heavy atom. The monoisotopic (exact) mass is 285 g/mol. The first-order valence-electron chi connectivity index (χ1n) is 5.91. The third kappa shape index (κ3) is 2.70. The van der Waals surface area contributed by atoms with Crippen LogP contribution in [0.5, 0.6) is 6.01 Å². The summed E-state index contributed by atoms with van der Waals surface area (Å²) in [5.41, 5.74) is -0.443. The van der Waals surface area contributed by atoms with Crippen molar-refractivity contribution in [1.82, 2.24) is 20.3 Å². The number of anilines is 1. The van der Waals surface area contributed by atoms with Crippen LogP contribution in [0.4, 0.5) is 5.95 Å². The molecule has 0 bridgehead atoms. The fraction of sp³-hybridized carbons (Fsp3) is 0.636. The van der Waals surface area contributed by atoms with Crippen molar-refractivity contribution in [3.8, 4) is 6.01 Å².